The molecule has 0 atom stereocenters. The van der Waals surface area contributed by atoms with Gasteiger partial charge in [0.1, 0.15) is 0 Å². The number of anilines is 1. The molecule has 126 valence electrons. The third-order valence-corrected chi connectivity index (χ3v) is 4.51. The van der Waals surface area contributed by atoms with Gasteiger partial charge in [-0.3, -0.25) is 9.20 Å². The number of imidazole rings is 1. The topological polar surface area (TPSA) is 104 Å². The summed E-state index contributed by atoms with van der Waals surface area (Å²) in [5.41, 5.74) is 1.81. The van der Waals surface area contributed by atoms with E-state index in [1.165, 1.54) is 4.40 Å². The molecule has 0 fully saturated rings. The number of carbonyl (C=O) groups excluding carboxylic acids is 1. The smallest absolute Gasteiger partial charge is 0.276 e. The van der Waals surface area contributed by atoms with Crippen molar-refractivity contribution >= 4 is 26.9 Å². The fourth-order valence-electron chi connectivity index (χ4n) is 2.43. The molecule has 8 heteroatoms. The van der Waals surface area contributed by atoms with Gasteiger partial charge in [-0.15, -0.1) is 0 Å². The summed E-state index contributed by atoms with van der Waals surface area (Å²) >= 11 is 0. The van der Waals surface area contributed by atoms with Crippen LogP contribution in [0.25, 0.3) is 5.52 Å². The lowest BCUT2D eigenvalue weighted by Gasteiger charge is -2.04. The van der Waals surface area contributed by atoms with Gasteiger partial charge < -0.3 is 5.32 Å². The second kappa shape index (κ2) is 6.37. The molecule has 1 N–H and O–H groups in total. The van der Waals surface area contributed by atoms with Crippen LogP contribution >= 0.6 is 0 Å². The molecule has 7 nitrogen and oxygen atoms in total. The minimum absolute atomic E-state index is 0.0297. The third kappa shape index (κ3) is 3.36. The highest BCUT2D eigenvalue weighted by atomic mass is 32.2. The molecule has 0 bridgehead atoms. The number of nitriles is 1. The first-order valence-electron chi connectivity index (χ1n) is 7.34. The number of aromatic nitrogens is 2. The summed E-state index contributed by atoms with van der Waals surface area (Å²) < 4.78 is 25.2. The number of pyridine rings is 1. The van der Waals surface area contributed by atoms with Crippen LogP contribution in [0.2, 0.25) is 0 Å². The number of fused-ring (bicyclic) bond motifs is 1. The van der Waals surface area contributed by atoms with E-state index in [1.807, 2.05) is 0 Å². The maximum Gasteiger partial charge on any atom is 0.276 e. The van der Waals surface area contributed by atoms with Crippen molar-refractivity contribution in [3.05, 3.63) is 59.9 Å². The van der Waals surface area contributed by atoms with Crippen molar-refractivity contribution in [2.45, 2.75) is 11.6 Å². The zero-order chi connectivity index (χ0) is 18.0. The summed E-state index contributed by atoms with van der Waals surface area (Å²) in [5, 5.41) is 11.2. The number of hydrogen-bond acceptors (Lipinski definition) is 5. The van der Waals surface area contributed by atoms with Crippen molar-refractivity contribution in [2.24, 2.45) is 0 Å². The standard InChI is InChI=1S/C17H14N4O3S/c1-25(23,24)17-20-15(14-4-2-3-11-21(14)17)16(22)19-13-7-5-12(6-8-13)9-10-18/h2-8,11H,9H2,1H3,(H,19,22). The van der Waals surface area contributed by atoms with Crippen LogP contribution in [0.3, 0.4) is 0 Å². The fraction of sp³-hybridized carbons (Fsp3) is 0.118. The molecule has 0 aliphatic carbocycles. The molecule has 2 aromatic heterocycles. The first kappa shape index (κ1) is 16.7. The van der Waals surface area contributed by atoms with Crippen LogP contribution in [0.1, 0.15) is 16.1 Å². The van der Waals surface area contributed by atoms with Crippen LogP contribution in [0.15, 0.2) is 53.8 Å². The van der Waals surface area contributed by atoms with Gasteiger partial charge in [-0.05, 0) is 29.8 Å². The summed E-state index contributed by atoms with van der Waals surface area (Å²) in [6.45, 7) is 0. The van der Waals surface area contributed by atoms with E-state index in [0.717, 1.165) is 11.8 Å². The van der Waals surface area contributed by atoms with Gasteiger partial charge in [0.2, 0.25) is 15.0 Å². The zero-order valence-electron chi connectivity index (χ0n) is 13.3. The molecule has 0 unspecified atom stereocenters. The summed E-state index contributed by atoms with van der Waals surface area (Å²) in [6, 6.07) is 13.9. The first-order valence-corrected chi connectivity index (χ1v) is 9.23. The quantitative estimate of drug-likeness (QED) is 0.772. The van der Waals surface area contributed by atoms with E-state index in [-0.39, 0.29) is 17.3 Å². The average Bonchev–Trinajstić information content (AvgIpc) is 2.97. The highest BCUT2D eigenvalue weighted by Crippen LogP contribution is 2.19. The van der Waals surface area contributed by atoms with Crippen molar-refractivity contribution in [1.82, 2.24) is 9.38 Å². The van der Waals surface area contributed by atoms with Crippen LogP contribution in [0, 0.1) is 11.3 Å². The Morgan fingerprint density at radius 1 is 1.24 bits per heavy atom. The van der Waals surface area contributed by atoms with Crippen molar-refractivity contribution < 1.29 is 13.2 Å². The SMILES string of the molecule is CS(=O)(=O)c1nc(C(=O)Nc2ccc(CC#N)cc2)c2ccccn12. The lowest BCUT2D eigenvalue weighted by atomic mass is 10.1. The Balaban J connectivity index is 1.96. The lowest BCUT2D eigenvalue weighted by molar-refractivity contribution is 0.102. The summed E-state index contributed by atoms with van der Waals surface area (Å²) in [6.07, 6.45) is 2.88. The van der Waals surface area contributed by atoms with Crippen molar-refractivity contribution in [1.29, 1.82) is 5.26 Å². The number of rotatable bonds is 4. The van der Waals surface area contributed by atoms with Gasteiger partial charge in [0.05, 0.1) is 18.0 Å². The number of nitrogens with one attached hydrogen (secondary N) is 1. The predicted octanol–water partition coefficient (Wildman–Crippen LogP) is 2.06. The average molecular weight is 354 g/mol. The van der Waals surface area contributed by atoms with Gasteiger partial charge in [0.15, 0.2) is 5.69 Å². The van der Waals surface area contributed by atoms with Gasteiger partial charge in [-0.1, -0.05) is 18.2 Å². The van der Waals surface area contributed by atoms with Gasteiger partial charge >= 0.3 is 0 Å². The number of sulfone groups is 1. The maximum absolute atomic E-state index is 12.5. The molecule has 3 rings (SSSR count). The van der Waals surface area contributed by atoms with Crippen LogP contribution in [0.5, 0.6) is 0 Å². The summed E-state index contributed by atoms with van der Waals surface area (Å²) in [7, 11) is -3.59. The molecular weight excluding hydrogens is 340 g/mol. The number of benzene rings is 1. The Morgan fingerprint density at radius 2 is 1.96 bits per heavy atom. The van der Waals surface area contributed by atoms with Crippen molar-refractivity contribution in [2.75, 3.05) is 11.6 Å². The van der Waals surface area contributed by atoms with Gasteiger partial charge in [0, 0.05) is 18.1 Å². The van der Waals surface area contributed by atoms with E-state index in [2.05, 4.69) is 16.4 Å². The Hall–Kier alpha value is -3.18. The largest absolute Gasteiger partial charge is 0.321 e. The molecule has 1 aromatic carbocycles. The maximum atomic E-state index is 12.5. The number of hydrogen-bond donors (Lipinski definition) is 1. The van der Waals surface area contributed by atoms with Crippen LogP contribution < -0.4 is 5.32 Å². The van der Waals surface area contributed by atoms with Crippen LogP contribution in [-0.2, 0) is 16.3 Å². The summed E-state index contributed by atoms with van der Waals surface area (Å²) in [4.78, 5) is 16.6. The molecule has 0 aliphatic heterocycles. The molecule has 0 radical (unpaired) electrons. The Labute approximate surface area is 144 Å². The van der Waals surface area contributed by atoms with E-state index in [0.29, 0.717) is 11.2 Å². The second-order valence-electron chi connectivity index (χ2n) is 5.46. The van der Waals surface area contributed by atoms with E-state index in [4.69, 9.17) is 5.26 Å². The molecule has 0 aliphatic rings. The third-order valence-electron chi connectivity index (χ3n) is 3.56. The van der Waals surface area contributed by atoms with Crippen molar-refractivity contribution in [3.63, 3.8) is 0 Å². The Bertz CT molecular complexity index is 1090. The van der Waals surface area contributed by atoms with E-state index in [9.17, 15) is 13.2 Å². The van der Waals surface area contributed by atoms with E-state index in [1.54, 1.807) is 48.7 Å². The highest BCUT2D eigenvalue weighted by Gasteiger charge is 2.22. The molecule has 25 heavy (non-hydrogen) atoms. The Kier molecular flexibility index (Phi) is 4.25. The van der Waals surface area contributed by atoms with Crippen LogP contribution in [0.4, 0.5) is 5.69 Å². The summed E-state index contributed by atoms with van der Waals surface area (Å²) in [5.74, 6) is -0.508. The fourth-order valence-corrected chi connectivity index (χ4v) is 3.20. The molecule has 2 heterocycles. The van der Waals surface area contributed by atoms with E-state index < -0.39 is 15.7 Å². The minimum Gasteiger partial charge on any atom is -0.321 e. The zero-order valence-corrected chi connectivity index (χ0v) is 14.1. The monoisotopic (exact) mass is 354 g/mol. The second-order valence-corrected chi connectivity index (χ2v) is 7.37. The number of carbonyl (C=O) groups is 1. The molecular formula is C17H14N4O3S. The van der Waals surface area contributed by atoms with Gasteiger partial charge in [0.25, 0.3) is 5.91 Å². The van der Waals surface area contributed by atoms with Crippen molar-refractivity contribution in [3.8, 4) is 6.07 Å². The van der Waals surface area contributed by atoms with Gasteiger partial charge in [-0.25, -0.2) is 13.4 Å². The Morgan fingerprint density at radius 3 is 2.60 bits per heavy atom. The molecule has 0 saturated heterocycles. The normalized spacial score (nSPS) is 11.2. The molecule has 3 aromatic rings. The lowest BCUT2D eigenvalue weighted by Crippen LogP contribution is -2.13. The van der Waals surface area contributed by atoms with Gasteiger partial charge in [-0.2, -0.15) is 5.26 Å². The number of nitrogens with zero attached hydrogens (tertiary/aromatic N) is 3. The molecule has 0 saturated carbocycles. The predicted molar refractivity (Wildman–Crippen MR) is 92.0 cm³/mol. The van der Waals surface area contributed by atoms with E-state index >= 15 is 0 Å². The highest BCUT2D eigenvalue weighted by molar-refractivity contribution is 7.90. The first-order chi connectivity index (χ1) is 11.9. The van der Waals surface area contributed by atoms with Crippen LogP contribution in [-0.4, -0.2) is 30.0 Å². The number of amides is 1. The molecule has 0 spiro atoms. The molecule has 1 amide bonds. The minimum atomic E-state index is -3.59.